The predicted octanol–water partition coefficient (Wildman–Crippen LogP) is 3.43. The lowest BCUT2D eigenvalue weighted by molar-refractivity contribution is 0.320. The van der Waals surface area contributed by atoms with E-state index in [0.29, 0.717) is 6.61 Å². The zero-order valence-electron chi connectivity index (χ0n) is 11.2. The van der Waals surface area contributed by atoms with E-state index in [2.05, 4.69) is 26.0 Å². The van der Waals surface area contributed by atoms with E-state index < -0.39 is 0 Å². The molecule has 1 aliphatic carbocycles. The lowest BCUT2D eigenvalue weighted by Gasteiger charge is -2.28. The number of benzene rings is 1. The van der Waals surface area contributed by atoms with Crippen molar-refractivity contribution in [3.05, 3.63) is 28.8 Å². The zero-order chi connectivity index (χ0) is 12.5. The van der Waals surface area contributed by atoms with E-state index in [9.17, 15) is 0 Å². The number of hydrogen-bond donors (Lipinski definition) is 1. The fraction of sp³-hybridized carbons (Fsp3) is 0.600. The summed E-state index contributed by atoms with van der Waals surface area (Å²) in [5.74, 6) is 1.02. The van der Waals surface area contributed by atoms with Crippen LogP contribution in [0.5, 0.6) is 5.75 Å². The van der Waals surface area contributed by atoms with Crippen LogP contribution in [0, 0.1) is 13.8 Å². The second-order valence-electron chi connectivity index (χ2n) is 5.18. The van der Waals surface area contributed by atoms with Gasteiger partial charge < -0.3 is 10.5 Å². The van der Waals surface area contributed by atoms with Crippen LogP contribution in [0.3, 0.4) is 0 Å². The monoisotopic (exact) mass is 233 g/mol. The fourth-order valence-electron chi connectivity index (χ4n) is 2.79. The zero-order valence-corrected chi connectivity index (χ0v) is 11.2. The van der Waals surface area contributed by atoms with Gasteiger partial charge >= 0.3 is 0 Å². The van der Waals surface area contributed by atoms with Crippen LogP contribution in [0.15, 0.2) is 12.1 Å². The van der Waals surface area contributed by atoms with E-state index in [1.165, 1.54) is 29.5 Å². The van der Waals surface area contributed by atoms with Crippen molar-refractivity contribution in [3.8, 4) is 5.75 Å². The summed E-state index contributed by atoms with van der Waals surface area (Å²) >= 11 is 0. The number of ether oxygens (including phenoxy) is 1. The first-order valence-electron chi connectivity index (χ1n) is 6.61. The van der Waals surface area contributed by atoms with Gasteiger partial charge in [-0.15, -0.1) is 0 Å². The highest BCUT2D eigenvalue weighted by Crippen LogP contribution is 2.42. The Kier molecular flexibility index (Phi) is 3.43. The molecule has 1 aromatic rings. The maximum absolute atomic E-state index is 6.55. The average Bonchev–Trinajstić information content (AvgIpc) is 2.73. The minimum absolute atomic E-state index is 0.164. The summed E-state index contributed by atoms with van der Waals surface area (Å²) in [6.45, 7) is 6.98. The van der Waals surface area contributed by atoms with Crippen molar-refractivity contribution in [2.75, 3.05) is 6.61 Å². The van der Waals surface area contributed by atoms with Crippen molar-refractivity contribution in [2.45, 2.75) is 52.0 Å². The first-order valence-corrected chi connectivity index (χ1v) is 6.61. The van der Waals surface area contributed by atoms with Crippen LogP contribution in [0.1, 0.15) is 49.3 Å². The molecular formula is C15H23NO. The van der Waals surface area contributed by atoms with Gasteiger partial charge in [0.05, 0.1) is 6.61 Å². The molecule has 0 heterocycles. The van der Waals surface area contributed by atoms with Crippen molar-refractivity contribution in [3.63, 3.8) is 0 Å². The maximum Gasteiger partial charge on any atom is 0.127 e. The molecule has 1 saturated carbocycles. The van der Waals surface area contributed by atoms with Gasteiger partial charge in [0.25, 0.3) is 0 Å². The second-order valence-corrected chi connectivity index (χ2v) is 5.18. The Labute approximate surface area is 104 Å². The molecule has 0 spiro atoms. The molecule has 94 valence electrons. The summed E-state index contributed by atoms with van der Waals surface area (Å²) in [4.78, 5) is 0. The molecule has 0 unspecified atom stereocenters. The first-order chi connectivity index (χ1) is 8.08. The quantitative estimate of drug-likeness (QED) is 0.868. The smallest absolute Gasteiger partial charge is 0.127 e. The number of nitrogens with two attached hydrogens (primary N) is 1. The summed E-state index contributed by atoms with van der Waals surface area (Å²) in [6.07, 6.45) is 4.62. The minimum atomic E-state index is -0.164. The third-order valence-corrected chi connectivity index (χ3v) is 4.00. The van der Waals surface area contributed by atoms with E-state index in [1.54, 1.807) is 0 Å². The Morgan fingerprint density at radius 3 is 2.47 bits per heavy atom. The van der Waals surface area contributed by atoms with Crippen LogP contribution >= 0.6 is 0 Å². The molecule has 0 amide bonds. The first kappa shape index (κ1) is 12.4. The highest BCUT2D eigenvalue weighted by Gasteiger charge is 2.34. The van der Waals surface area contributed by atoms with Gasteiger partial charge in [-0.1, -0.05) is 25.0 Å². The lowest BCUT2D eigenvalue weighted by Crippen LogP contribution is -2.33. The summed E-state index contributed by atoms with van der Waals surface area (Å²) in [5.41, 5.74) is 10.1. The number of rotatable bonds is 3. The average molecular weight is 233 g/mol. The third-order valence-electron chi connectivity index (χ3n) is 4.00. The molecule has 0 aliphatic heterocycles. The van der Waals surface area contributed by atoms with Gasteiger partial charge in [-0.05, 0) is 44.7 Å². The molecule has 1 aliphatic rings. The van der Waals surface area contributed by atoms with Crippen LogP contribution < -0.4 is 10.5 Å². The SMILES string of the molecule is CCOc1c(C2(N)CCCC2)ccc(C)c1C. The van der Waals surface area contributed by atoms with E-state index in [-0.39, 0.29) is 5.54 Å². The van der Waals surface area contributed by atoms with Gasteiger partial charge in [0.1, 0.15) is 5.75 Å². The summed E-state index contributed by atoms with van der Waals surface area (Å²) in [5, 5.41) is 0. The summed E-state index contributed by atoms with van der Waals surface area (Å²) in [6, 6.07) is 4.33. The highest BCUT2D eigenvalue weighted by molar-refractivity contribution is 5.49. The molecule has 0 radical (unpaired) electrons. The molecule has 0 atom stereocenters. The third kappa shape index (κ3) is 2.19. The lowest BCUT2D eigenvalue weighted by atomic mass is 9.86. The van der Waals surface area contributed by atoms with E-state index >= 15 is 0 Å². The van der Waals surface area contributed by atoms with E-state index in [4.69, 9.17) is 10.5 Å². The molecular weight excluding hydrogens is 210 g/mol. The van der Waals surface area contributed by atoms with Crippen LogP contribution in [0.25, 0.3) is 0 Å². The maximum atomic E-state index is 6.55. The molecule has 1 aromatic carbocycles. The molecule has 2 rings (SSSR count). The second kappa shape index (κ2) is 4.69. The van der Waals surface area contributed by atoms with Crippen LogP contribution in [0.2, 0.25) is 0 Å². The normalized spacial score (nSPS) is 18.4. The predicted molar refractivity (Wildman–Crippen MR) is 71.4 cm³/mol. The van der Waals surface area contributed by atoms with Gasteiger partial charge in [0.15, 0.2) is 0 Å². The van der Waals surface area contributed by atoms with Crippen molar-refractivity contribution >= 4 is 0 Å². The fourth-order valence-corrected chi connectivity index (χ4v) is 2.79. The largest absolute Gasteiger partial charge is 0.493 e. The van der Waals surface area contributed by atoms with Gasteiger partial charge in [0, 0.05) is 11.1 Å². The Hall–Kier alpha value is -1.02. The van der Waals surface area contributed by atoms with Crippen molar-refractivity contribution in [1.82, 2.24) is 0 Å². The van der Waals surface area contributed by atoms with Crippen molar-refractivity contribution < 1.29 is 4.74 Å². The Balaban J connectivity index is 2.49. The summed E-state index contributed by atoms with van der Waals surface area (Å²) in [7, 11) is 0. The number of aryl methyl sites for hydroxylation is 1. The van der Waals surface area contributed by atoms with Crippen LogP contribution in [-0.2, 0) is 5.54 Å². The molecule has 2 N–H and O–H groups in total. The molecule has 0 saturated heterocycles. The molecule has 0 aromatic heterocycles. The molecule has 17 heavy (non-hydrogen) atoms. The standard InChI is InChI=1S/C15H23NO/c1-4-17-14-12(3)11(2)7-8-13(14)15(16)9-5-6-10-15/h7-8H,4-6,9-10,16H2,1-3H3. The van der Waals surface area contributed by atoms with Gasteiger partial charge in [-0.3, -0.25) is 0 Å². The molecule has 2 heteroatoms. The van der Waals surface area contributed by atoms with E-state index in [0.717, 1.165) is 18.6 Å². The number of hydrogen-bond acceptors (Lipinski definition) is 2. The van der Waals surface area contributed by atoms with Crippen LogP contribution in [-0.4, -0.2) is 6.61 Å². The van der Waals surface area contributed by atoms with Crippen LogP contribution in [0.4, 0.5) is 0 Å². The summed E-state index contributed by atoms with van der Waals surface area (Å²) < 4.78 is 5.85. The molecule has 1 fully saturated rings. The highest BCUT2D eigenvalue weighted by atomic mass is 16.5. The van der Waals surface area contributed by atoms with Gasteiger partial charge in [0.2, 0.25) is 0 Å². The minimum Gasteiger partial charge on any atom is -0.493 e. The Morgan fingerprint density at radius 1 is 1.24 bits per heavy atom. The van der Waals surface area contributed by atoms with Gasteiger partial charge in [-0.25, -0.2) is 0 Å². The van der Waals surface area contributed by atoms with E-state index in [1.807, 2.05) is 6.92 Å². The molecule has 0 bridgehead atoms. The van der Waals surface area contributed by atoms with Gasteiger partial charge in [-0.2, -0.15) is 0 Å². The Morgan fingerprint density at radius 2 is 1.88 bits per heavy atom. The van der Waals surface area contributed by atoms with Crippen molar-refractivity contribution in [1.29, 1.82) is 0 Å². The van der Waals surface area contributed by atoms with Crippen molar-refractivity contribution in [2.24, 2.45) is 5.73 Å². The molecule has 2 nitrogen and oxygen atoms in total. The topological polar surface area (TPSA) is 35.2 Å². The Bertz CT molecular complexity index is 406.